The Balaban J connectivity index is 1.95. The summed E-state index contributed by atoms with van der Waals surface area (Å²) in [5.74, 6) is -0.0892. The third-order valence-electron chi connectivity index (χ3n) is 2.96. The largest absolute Gasteiger partial charge is 0.308 e. The smallest absolute Gasteiger partial charge is 0.0837 e. The Morgan fingerprint density at radius 2 is 2.00 bits per heavy atom. The summed E-state index contributed by atoms with van der Waals surface area (Å²) in [5.41, 5.74) is 1.07. The predicted molar refractivity (Wildman–Crippen MR) is 75.5 cm³/mol. The summed E-state index contributed by atoms with van der Waals surface area (Å²) in [5, 5.41) is 14.7. The van der Waals surface area contributed by atoms with Gasteiger partial charge >= 0.3 is 0 Å². The molecule has 0 aliphatic heterocycles. The van der Waals surface area contributed by atoms with Gasteiger partial charge in [0.15, 0.2) is 0 Å². The van der Waals surface area contributed by atoms with Gasteiger partial charge in [-0.1, -0.05) is 36.4 Å². The lowest BCUT2D eigenvalue weighted by atomic mass is 10.0. The van der Waals surface area contributed by atoms with Crippen molar-refractivity contribution >= 4 is 11.3 Å². The van der Waals surface area contributed by atoms with E-state index < -0.39 is 0 Å². The van der Waals surface area contributed by atoms with E-state index in [-0.39, 0.29) is 5.92 Å². The van der Waals surface area contributed by atoms with Gasteiger partial charge in [-0.25, -0.2) is 0 Å². The van der Waals surface area contributed by atoms with Gasteiger partial charge in [0.1, 0.15) is 0 Å². The lowest BCUT2D eigenvalue weighted by Crippen LogP contribution is -2.23. The van der Waals surface area contributed by atoms with Crippen molar-refractivity contribution in [1.29, 1.82) is 5.26 Å². The molecular weight excluding hydrogens is 240 g/mol. The summed E-state index contributed by atoms with van der Waals surface area (Å²) in [4.78, 5) is 1.31. The molecule has 1 heterocycles. The second-order valence-corrected chi connectivity index (χ2v) is 5.22. The highest BCUT2D eigenvalue weighted by Crippen LogP contribution is 2.20. The molecule has 3 heteroatoms. The van der Waals surface area contributed by atoms with E-state index in [1.807, 2.05) is 30.3 Å². The standard InChI is InChI=1S/C15H16N2S/c1-12(15-8-5-9-18-15)17-11-14(10-16)13-6-3-2-4-7-13/h2-9,12,14,17H,11H2,1H3/t12-,14?/m1/s1. The van der Waals surface area contributed by atoms with Crippen LogP contribution in [-0.4, -0.2) is 6.54 Å². The second-order valence-electron chi connectivity index (χ2n) is 4.24. The van der Waals surface area contributed by atoms with Gasteiger partial charge in [-0.3, -0.25) is 0 Å². The maximum absolute atomic E-state index is 9.24. The Labute approximate surface area is 112 Å². The van der Waals surface area contributed by atoms with Crippen LogP contribution in [-0.2, 0) is 0 Å². The fourth-order valence-corrected chi connectivity index (χ4v) is 2.62. The highest BCUT2D eigenvalue weighted by atomic mass is 32.1. The van der Waals surface area contributed by atoms with Crippen LogP contribution in [0, 0.1) is 11.3 Å². The zero-order chi connectivity index (χ0) is 12.8. The van der Waals surface area contributed by atoms with Gasteiger partial charge in [0.05, 0.1) is 12.0 Å². The van der Waals surface area contributed by atoms with Gasteiger partial charge < -0.3 is 5.32 Å². The third kappa shape index (κ3) is 3.19. The number of nitrogens with zero attached hydrogens (tertiary/aromatic N) is 1. The van der Waals surface area contributed by atoms with Gasteiger partial charge in [-0.2, -0.15) is 5.26 Å². The molecule has 1 unspecified atom stereocenters. The van der Waals surface area contributed by atoms with Crippen molar-refractivity contribution < 1.29 is 0 Å². The first kappa shape index (κ1) is 12.8. The summed E-state index contributed by atoms with van der Waals surface area (Å²) in [6, 6.07) is 16.8. The molecule has 0 fully saturated rings. The van der Waals surface area contributed by atoms with Gasteiger partial charge in [0, 0.05) is 17.5 Å². The number of nitrogens with one attached hydrogen (secondary N) is 1. The number of hydrogen-bond acceptors (Lipinski definition) is 3. The van der Waals surface area contributed by atoms with Crippen LogP contribution in [0.3, 0.4) is 0 Å². The number of nitriles is 1. The Kier molecular flexibility index (Phi) is 4.52. The Morgan fingerprint density at radius 3 is 2.61 bits per heavy atom. The van der Waals surface area contributed by atoms with Gasteiger partial charge in [-0.15, -0.1) is 11.3 Å². The summed E-state index contributed by atoms with van der Waals surface area (Å²) in [7, 11) is 0. The van der Waals surface area contributed by atoms with E-state index >= 15 is 0 Å². The fraction of sp³-hybridized carbons (Fsp3) is 0.267. The molecule has 0 aliphatic rings. The molecular formula is C15H16N2S. The normalized spacial score (nSPS) is 13.8. The zero-order valence-corrected chi connectivity index (χ0v) is 11.2. The number of thiophene rings is 1. The van der Waals surface area contributed by atoms with E-state index in [1.165, 1.54) is 4.88 Å². The molecule has 0 saturated carbocycles. The van der Waals surface area contributed by atoms with Gasteiger partial charge in [0.2, 0.25) is 0 Å². The lowest BCUT2D eigenvalue weighted by Gasteiger charge is -2.15. The van der Waals surface area contributed by atoms with Crippen molar-refractivity contribution in [1.82, 2.24) is 5.32 Å². The summed E-state index contributed by atoms with van der Waals surface area (Å²) < 4.78 is 0. The molecule has 0 bridgehead atoms. The van der Waals surface area contributed by atoms with E-state index in [2.05, 4.69) is 35.8 Å². The van der Waals surface area contributed by atoms with Crippen LogP contribution < -0.4 is 5.32 Å². The molecule has 0 radical (unpaired) electrons. The first-order valence-corrected chi connectivity index (χ1v) is 6.90. The molecule has 2 rings (SSSR count). The van der Waals surface area contributed by atoms with Crippen LogP contribution in [0.2, 0.25) is 0 Å². The third-order valence-corrected chi connectivity index (χ3v) is 4.01. The molecule has 0 spiro atoms. The highest BCUT2D eigenvalue weighted by molar-refractivity contribution is 7.10. The summed E-state index contributed by atoms with van der Waals surface area (Å²) >= 11 is 1.74. The first-order valence-electron chi connectivity index (χ1n) is 6.02. The minimum Gasteiger partial charge on any atom is -0.308 e. The molecule has 0 saturated heterocycles. The van der Waals surface area contributed by atoms with Crippen LogP contribution in [0.25, 0.3) is 0 Å². The van der Waals surface area contributed by atoms with Crippen molar-refractivity contribution in [2.45, 2.75) is 18.9 Å². The van der Waals surface area contributed by atoms with Crippen LogP contribution in [0.1, 0.15) is 29.3 Å². The van der Waals surface area contributed by atoms with E-state index in [0.717, 1.165) is 5.56 Å². The van der Waals surface area contributed by atoms with Crippen molar-refractivity contribution in [3.63, 3.8) is 0 Å². The Bertz CT molecular complexity index is 499. The van der Waals surface area contributed by atoms with Gasteiger partial charge in [0.25, 0.3) is 0 Å². The topological polar surface area (TPSA) is 35.8 Å². The number of rotatable bonds is 5. The zero-order valence-electron chi connectivity index (χ0n) is 10.3. The molecule has 1 aromatic heterocycles. The molecule has 2 aromatic rings. The average Bonchev–Trinajstić information content (AvgIpc) is 2.94. The van der Waals surface area contributed by atoms with E-state index in [1.54, 1.807) is 11.3 Å². The SMILES string of the molecule is C[C@@H](NCC(C#N)c1ccccc1)c1cccs1. The second kappa shape index (κ2) is 6.34. The van der Waals surface area contributed by atoms with E-state index in [0.29, 0.717) is 12.6 Å². The molecule has 0 aliphatic carbocycles. The minimum absolute atomic E-state index is 0.0892. The van der Waals surface area contributed by atoms with Crippen molar-refractivity contribution in [2.75, 3.05) is 6.54 Å². The molecule has 92 valence electrons. The molecule has 0 amide bonds. The van der Waals surface area contributed by atoms with Crippen LogP contribution in [0.4, 0.5) is 0 Å². The van der Waals surface area contributed by atoms with Crippen LogP contribution in [0.15, 0.2) is 47.8 Å². The van der Waals surface area contributed by atoms with Gasteiger partial charge in [-0.05, 0) is 23.9 Å². The maximum atomic E-state index is 9.24. The molecule has 2 nitrogen and oxygen atoms in total. The fourth-order valence-electron chi connectivity index (χ4n) is 1.86. The monoisotopic (exact) mass is 256 g/mol. The number of hydrogen-bond donors (Lipinski definition) is 1. The lowest BCUT2D eigenvalue weighted by molar-refractivity contribution is 0.565. The highest BCUT2D eigenvalue weighted by Gasteiger charge is 2.12. The van der Waals surface area contributed by atoms with Crippen molar-refractivity contribution in [3.05, 3.63) is 58.3 Å². The molecule has 1 N–H and O–H groups in total. The minimum atomic E-state index is -0.0892. The summed E-state index contributed by atoms with van der Waals surface area (Å²) in [6.07, 6.45) is 0. The molecule has 1 aromatic carbocycles. The van der Waals surface area contributed by atoms with Crippen LogP contribution in [0.5, 0.6) is 0 Å². The Morgan fingerprint density at radius 1 is 1.22 bits per heavy atom. The van der Waals surface area contributed by atoms with Crippen LogP contribution >= 0.6 is 11.3 Å². The number of benzene rings is 1. The predicted octanol–water partition coefficient (Wildman–Crippen LogP) is 3.71. The van der Waals surface area contributed by atoms with Crippen molar-refractivity contribution in [2.24, 2.45) is 0 Å². The average molecular weight is 256 g/mol. The van der Waals surface area contributed by atoms with Crippen molar-refractivity contribution in [3.8, 4) is 6.07 Å². The van der Waals surface area contributed by atoms with E-state index in [4.69, 9.17) is 0 Å². The quantitative estimate of drug-likeness (QED) is 0.885. The summed E-state index contributed by atoms with van der Waals surface area (Å²) in [6.45, 7) is 2.81. The molecule has 18 heavy (non-hydrogen) atoms. The maximum Gasteiger partial charge on any atom is 0.0837 e. The van der Waals surface area contributed by atoms with E-state index in [9.17, 15) is 5.26 Å². The first-order chi connectivity index (χ1) is 8.81. The Hall–Kier alpha value is -1.63. The molecule has 2 atom stereocenters.